The van der Waals surface area contributed by atoms with Crippen LogP contribution in [0.25, 0.3) is 10.9 Å². The number of hydrogen-bond donors (Lipinski definition) is 1. The molecule has 3 heteroatoms. The van der Waals surface area contributed by atoms with Crippen molar-refractivity contribution >= 4 is 26.8 Å². The quantitative estimate of drug-likeness (QED) is 0.733. The van der Waals surface area contributed by atoms with E-state index in [4.69, 9.17) is 0 Å². The van der Waals surface area contributed by atoms with Crippen LogP contribution in [0.5, 0.6) is 0 Å². The number of hydrogen-bond acceptors (Lipinski definition) is 1. The van der Waals surface area contributed by atoms with Gasteiger partial charge in [0.15, 0.2) is 0 Å². The molecule has 18 heavy (non-hydrogen) atoms. The van der Waals surface area contributed by atoms with Gasteiger partial charge < -0.3 is 9.88 Å². The van der Waals surface area contributed by atoms with Crippen LogP contribution in [0.1, 0.15) is 18.2 Å². The third kappa shape index (κ3) is 2.38. The van der Waals surface area contributed by atoms with Gasteiger partial charge in [-0.1, -0.05) is 28.1 Å². The second kappa shape index (κ2) is 5.72. The van der Waals surface area contributed by atoms with Gasteiger partial charge in [0.05, 0.1) is 0 Å². The average molecular weight is 307 g/mol. The van der Waals surface area contributed by atoms with Crippen LogP contribution < -0.4 is 5.32 Å². The van der Waals surface area contributed by atoms with Gasteiger partial charge in [-0.2, -0.15) is 0 Å². The van der Waals surface area contributed by atoms with Crippen molar-refractivity contribution < 1.29 is 0 Å². The van der Waals surface area contributed by atoms with Crippen molar-refractivity contribution in [3.8, 4) is 0 Å². The molecule has 0 saturated heterocycles. The second-order valence-corrected chi connectivity index (χ2v) is 5.40. The summed E-state index contributed by atoms with van der Waals surface area (Å²) >= 11 is 3.53. The third-order valence-electron chi connectivity index (χ3n) is 3.24. The van der Waals surface area contributed by atoms with Gasteiger partial charge in [0.1, 0.15) is 0 Å². The van der Waals surface area contributed by atoms with Crippen molar-refractivity contribution in [1.82, 2.24) is 9.88 Å². The van der Waals surface area contributed by atoms with Gasteiger partial charge in [-0.3, -0.25) is 0 Å². The Morgan fingerprint density at radius 2 is 2.17 bits per heavy atom. The molecule has 0 fully saturated rings. The number of fused-ring (bicyclic) bond motifs is 3. The minimum atomic E-state index is 0.998. The summed E-state index contributed by atoms with van der Waals surface area (Å²) in [6, 6.07) is 6.56. The lowest BCUT2D eigenvalue weighted by Crippen LogP contribution is -2.24. The Morgan fingerprint density at radius 1 is 1.44 bits per heavy atom. The van der Waals surface area contributed by atoms with Crippen molar-refractivity contribution in [2.75, 3.05) is 6.54 Å². The molecule has 1 aliphatic rings. The van der Waals surface area contributed by atoms with Crippen LogP contribution in [0.15, 0.2) is 35.3 Å². The second-order valence-electron chi connectivity index (χ2n) is 4.48. The molecule has 0 atom stereocenters. The maximum atomic E-state index is 3.53. The number of nitrogens with zero attached hydrogens (tertiary/aromatic N) is 1. The molecular weight excluding hydrogens is 288 g/mol. The van der Waals surface area contributed by atoms with Crippen LogP contribution in [0.4, 0.5) is 0 Å². The molecule has 1 aliphatic heterocycles. The number of allylic oxidation sites excluding steroid dienone is 1. The van der Waals surface area contributed by atoms with Crippen molar-refractivity contribution in [2.24, 2.45) is 7.05 Å². The molecule has 2 nitrogen and oxygen atoms in total. The molecule has 0 aliphatic carbocycles. The zero-order chi connectivity index (χ0) is 13.1. The van der Waals surface area contributed by atoms with Crippen LogP contribution in [0, 0.1) is 0 Å². The lowest BCUT2D eigenvalue weighted by atomic mass is 10.1. The SMILES string of the molecule is C=CC.Cn1c2c(c3ccc(Br)cc31)CCNC2. The highest BCUT2D eigenvalue weighted by atomic mass is 79.9. The summed E-state index contributed by atoms with van der Waals surface area (Å²) in [7, 11) is 2.15. The first kappa shape index (κ1) is 13.4. The molecule has 96 valence electrons. The number of halogens is 1. The normalized spacial score (nSPS) is 13.7. The molecule has 0 saturated carbocycles. The summed E-state index contributed by atoms with van der Waals surface area (Å²) in [5, 5.41) is 4.84. The molecular formula is C15H19BrN2. The molecule has 0 radical (unpaired) electrons. The van der Waals surface area contributed by atoms with E-state index in [2.05, 4.69) is 57.6 Å². The predicted octanol–water partition coefficient (Wildman–Crippen LogP) is 3.78. The molecule has 1 N–H and O–H groups in total. The minimum absolute atomic E-state index is 0.998. The van der Waals surface area contributed by atoms with Gasteiger partial charge in [0.2, 0.25) is 0 Å². The minimum Gasteiger partial charge on any atom is -0.346 e. The highest BCUT2D eigenvalue weighted by molar-refractivity contribution is 9.10. The summed E-state index contributed by atoms with van der Waals surface area (Å²) in [6.07, 6.45) is 2.90. The van der Waals surface area contributed by atoms with Crippen molar-refractivity contribution in [2.45, 2.75) is 19.9 Å². The Balaban J connectivity index is 0.000000367. The fraction of sp³-hybridized carbons (Fsp3) is 0.333. The van der Waals surface area contributed by atoms with Gasteiger partial charge in [0.25, 0.3) is 0 Å². The lowest BCUT2D eigenvalue weighted by molar-refractivity contribution is 0.614. The molecule has 0 unspecified atom stereocenters. The zero-order valence-corrected chi connectivity index (χ0v) is 12.5. The first-order valence-corrected chi connectivity index (χ1v) is 7.01. The van der Waals surface area contributed by atoms with E-state index >= 15 is 0 Å². The fourth-order valence-corrected chi connectivity index (χ4v) is 2.81. The van der Waals surface area contributed by atoms with Gasteiger partial charge >= 0.3 is 0 Å². The molecule has 2 aromatic rings. The Labute approximate surface area is 117 Å². The van der Waals surface area contributed by atoms with Crippen molar-refractivity contribution in [3.05, 3.63) is 46.6 Å². The van der Waals surface area contributed by atoms with Crippen molar-refractivity contribution in [3.63, 3.8) is 0 Å². The van der Waals surface area contributed by atoms with Gasteiger partial charge in [-0.15, -0.1) is 6.58 Å². The maximum absolute atomic E-state index is 3.53. The highest BCUT2D eigenvalue weighted by Gasteiger charge is 2.17. The Kier molecular flexibility index (Phi) is 4.25. The lowest BCUT2D eigenvalue weighted by Gasteiger charge is -2.14. The summed E-state index contributed by atoms with van der Waals surface area (Å²) in [5.74, 6) is 0. The van der Waals surface area contributed by atoms with E-state index < -0.39 is 0 Å². The van der Waals surface area contributed by atoms with Crippen molar-refractivity contribution in [1.29, 1.82) is 0 Å². The molecule has 0 amide bonds. The topological polar surface area (TPSA) is 17.0 Å². The number of aryl methyl sites for hydroxylation is 1. The average Bonchev–Trinajstić information content (AvgIpc) is 2.65. The first-order valence-electron chi connectivity index (χ1n) is 6.22. The Bertz CT molecular complexity index is 569. The number of nitrogens with one attached hydrogen (secondary N) is 1. The van der Waals surface area contributed by atoms with E-state index in [1.165, 1.54) is 22.2 Å². The number of benzene rings is 1. The van der Waals surface area contributed by atoms with Gasteiger partial charge in [-0.25, -0.2) is 0 Å². The van der Waals surface area contributed by atoms with Crippen LogP contribution >= 0.6 is 15.9 Å². The van der Waals surface area contributed by atoms with Crippen LogP contribution in [-0.4, -0.2) is 11.1 Å². The first-order chi connectivity index (χ1) is 8.69. The third-order valence-corrected chi connectivity index (χ3v) is 3.74. The van der Waals surface area contributed by atoms with E-state index in [-0.39, 0.29) is 0 Å². The van der Waals surface area contributed by atoms with Crippen LogP contribution in [-0.2, 0) is 20.0 Å². The van der Waals surface area contributed by atoms with E-state index in [0.717, 1.165) is 24.0 Å². The maximum Gasteiger partial charge on any atom is 0.0494 e. The molecule has 1 aromatic heterocycles. The van der Waals surface area contributed by atoms with Crippen LogP contribution in [0.2, 0.25) is 0 Å². The zero-order valence-electron chi connectivity index (χ0n) is 11.0. The van der Waals surface area contributed by atoms with Gasteiger partial charge in [-0.05, 0) is 37.6 Å². The predicted molar refractivity (Wildman–Crippen MR) is 81.9 cm³/mol. The number of aromatic nitrogens is 1. The fourth-order valence-electron chi connectivity index (χ4n) is 2.47. The summed E-state index contributed by atoms with van der Waals surface area (Å²) in [5.41, 5.74) is 4.30. The molecule has 1 aromatic carbocycles. The van der Waals surface area contributed by atoms with E-state index in [9.17, 15) is 0 Å². The number of rotatable bonds is 0. The molecule has 0 bridgehead atoms. The molecule has 2 heterocycles. The Morgan fingerprint density at radius 3 is 2.89 bits per heavy atom. The largest absolute Gasteiger partial charge is 0.346 e. The van der Waals surface area contributed by atoms with Gasteiger partial charge in [0, 0.05) is 34.7 Å². The van der Waals surface area contributed by atoms with E-state index in [1.54, 1.807) is 6.08 Å². The Hall–Kier alpha value is -1.06. The summed E-state index contributed by atoms with van der Waals surface area (Å²) in [4.78, 5) is 0. The van der Waals surface area contributed by atoms with Crippen LogP contribution in [0.3, 0.4) is 0 Å². The summed E-state index contributed by atoms with van der Waals surface area (Å²) in [6.45, 7) is 7.35. The monoisotopic (exact) mass is 306 g/mol. The van der Waals surface area contributed by atoms with E-state index in [0.29, 0.717) is 0 Å². The van der Waals surface area contributed by atoms with E-state index in [1.807, 2.05) is 6.92 Å². The molecule has 3 rings (SSSR count). The smallest absolute Gasteiger partial charge is 0.0494 e. The highest BCUT2D eigenvalue weighted by Crippen LogP contribution is 2.29. The summed E-state index contributed by atoms with van der Waals surface area (Å²) < 4.78 is 3.46. The standard InChI is InChI=1S/C12H13BrN2.C3H6/c1-15-11-6-8(13)2-3-9(11)10-4-5-14-7-12(10)15;1-3-2/h2-3,6,14H,4-5,7H2,1H3;3H,1H2,2H3. The molecule has 0 spiro atoms.